The highest BCUT2D eigenvalue weighted by atomic mass is 32.1. The number of aromatic nitrogens is 2. The van der Waals surface area contributed by atoms with Crippen LogP contribution in [-0.4, -0.2) is 49.5 Å². The van der Waals surface area contributed by atoms with Crippen LogP contribution in [0.1, 0.15) is 24.3 Å². The van der Waals surface area contributed by atoms with Crippen LogP contribution in [0.15, 0.2) is 42.7 Å². The number of pyridine rings is 1. The van der Waals surface area contributed by atoms with E-state index in [9.17, 15) is 8.78 Å². The number of thiazole rings is 1. The van der Waals surface area contributed by atoms with Crippen molar-refractivity contribution in [2.24, 2.45) is 0 Å². The number of benzene rings is 1. The molecule has 1 aromatic carbocycles. The molecule has 0 aliphatic carbocycles. The molecule has 32 heavy (non-hydrogen) atoms. The Hall–Kier alpha value is -2.46. The summed E-state index contributed by atoms with van der Waals surface area (Å²) < 4.78 is 36.9. The minimum Gasteiger partial charge on any atom is -0.377 e. The standard InChI is InChI=1S/C19H18F2N4S.C4H8O2/c20-14-1-2-15(16(21)10-14)17-11-24-19(26-17)25-18-9-13(5-8-23-18)12-3-6-22-7-4-12;1-2-6-4-3-5-1/h1-2,5,8-12,22H,3-4,6-7H2,(H,23,24,25);1-4H2. The van der Waals surface area contributed by atoms with Crippen molar-refractivity contribution >= 4 is 22.3 Å². The quantitative estimate of drug-likeness (QED) is 0.587. The second-order valence-electron chi connectivity index (χ2n) is 7.50. The first-order valence-corrected chi connectivity index (χ1v) is 11.5. The van der Waals surface area contributed by atoms with E-state index in [-0.39, 0.29) is 0 Å². The number of ether oxygens (including phenoxy) is 2. The molecule has 2 fully saturated rings. The third-order valence-electron chi connectivity index (χ3n) is 5.28. The summed E-state index contributed by atoms with van der Waals surface area (Å²) in [4.78, 5) is 9.29. The number of nitrogens with zero attached hydrogens (tertiary/aromatic N) is 2. The Balaban J connectivity index is 0.000000354. The van der Waals surface area contributed by atoms with Crippen molar-refractivity contribution < 1.29 is 18.3 Å². The largest absolute Gasteiger partial charge is 0.377 e. The van der Waals surface area contributed by atoms with Crippen molar-refractivity contribution in [3.63, 3.8) is 0 Å². The lowest BCUT2D eigenvalue weighted by Crippen LogP contribution is -2.26. The van der Waals surface area contributed by atoms with Crippen LogP contribution in [0.3, 0.4) is 0 Å². The van der Waals surface area contributed by atoms with Crippen LogP contribution >= 0.6 is 11.3 Å². The van der Waals surface area contributed by atoms with Gasteiger partial charge < -0.3 is 20.1 Å². The smallest absolute Gasteiger partial charge is 0.188 e. The zero-order valence-electron chi connectivity index (χ0n) is 17.7. The van der Waals surface area contributed by atoms with Gasteiger partial charge in [-0.3, -0.25) is 0 Å². The molecule has 0 amide bonds. The Labute approximate surface area is 190 Å². The normalized spacial score (nSPS) is 16.8. The van der Waals surface area contributed by atoms with Gasteiger partial charge in [0.25, 0.3) is 0 Å². The van der Waals surface area contributed by atoms with E-state index in [2.05, 4.69) is 32.7 Å². The van der Waals surface area contributed by atoms with Gasteiger partial charge in [-0.05, 0) is 61.7 Å². The van der Waals surface area contributed by atoms with Crippen LogP contribution in [0.25, 0.3) is 10.4 Å². The highest BCUT2D eigenvalue weighted by Gasteiger charge is 2.16. The molecule has 0 radical (unpaired) electrons. The number of hydrogen-bond donors (Lipinski definition) is 2. The zero-order chi connectivity index (χ0) is 22.2. The van der Waals surface area contributed by atoms with Gasteiger partial charge in [-0.15, -0.1) is 0 Å². The molecule has 0 spiro atoms. The fourth-order valence-corrected chi connectivity index (χ4v) is 4.47. The van der Waals surface area contributed by atoms with E-state index in [1.54, 1.807) is 12.4 Å². The lowest BCUT2D eigenvalue weighted by atomic mass is 9.91. The summed E-state index contributed by atoms with van der Waals surface area (Å²) in [6.07, 6.45) is 5.62. The van der Waals surface area contributed by atoms with Gasteiger partial charge in [0.2, 0.25) is 0 Å². The maximum absolute atomic E-state index is 13.9. The van der Waals surface area contributed by atoms with Crippen LogP contribution in [0.5, 0.6) is 0 Å². The lowest BCUT2D eigenvalue weighted by molar-refractivity contribution is -0.0334. The molecule has 6 nitrogen and oxygen atoms in total. The molecule has 0 atom stereocenters. The van der Waals surface area contributed by atoms with E-state index in [0.717, 1.165) is 64.2 Å². The van der Waals surface area contributed by atoms with Crippen molar-refractivity contribution in [2.75, 3.05) is 44.8 Å². The predicted octanol–water partition coefficient (Wildman–Crippen LogP) is 4.73. The fraction of sp³-hybridized carbons (Fsp3) is 0.391. The molecule has 170 valence electrons. The second-order valence-corrected chi connectivity index (χ2v) is 8.53. The number of halogens is 2. The first-order chi connectivity index (χ1) is 15.7. The fourth-order valence-electron chi connectivity index (χ4n) is 3.62. The van der Waals surface area contributed by atoms with Gasteiger partial charge in [0.05, 0.1) is 31.3 Å². The average Bonchev–Trinajstić information content (AvgIpc) is 3.29. The lowest BCUT2D eigenvalue weighted by Gasteiger charge is -2.23. The Kier molecular flexibility index (Phi) is 8.11. The summed E-state index contributed by atoms with van der Waals surface area (Å²) in [5.74, 6) is 0.0840. The van der Waals surface area contributed by atoms with Crippen molar-refractivity contribution in [1.29, 1.82) is 0 Å². The summed E-state index contributed by atoms with van der Waals surface area (Å²) >= 11 is 1.31. The number of rotatable bonds is 4. The highest BCUT2D eigenvalue weighted by Crippen LogP contribution is 2.33. The zero-order valence-corrected chi connectivity index (χ0v) is 18.5. The van der Waals surface area contributed by atoms with Gasteiger partial charge in [0.1, 0.15) is 17.5 Å². The maximum Gasteiger partial charge on any atom is 0.188 e. The Bertz CT molecular complexity index is 996. The molecule has 2 aromatic heterocycles. The van der Waals surface area contributed by atoms with E-state index < -0.39 is 11.6 Å². The molecule has 4 heterocycles. The van der Waals surface area contributed by atoms with Gasteiger partial charge in [-0.2, -0.15) is 0 Å². The van der Waals surface area contributed by atoms with E-state index in [4.69, 9.17) is 9.47 Å². The van der Waals surface area contributed by atoms with E-state index in [0.29, 0.717) is 21.5 Å². The van der Waals surface area contributed by atoms with Crippen LogP contribution < -0.4 is 10.6 Å². The van der Waals surface area contributed by atoms with Gasteiger partial charge in [-0.1, -0.05) is 11.3 Å². The van der Waals surface area contributed by atoms with Crippen molar-refractivity contribution in [1.82, 2.24) is 15.3 Å². The third-order valence-corrected chi connectivity index (χ3v) is 6.22. The van der Waals surface area contributed by atoms with Gasteiger partial charge >= 0.3 is 0 Å². The van der Waals surface area contributed by atoms with E-state index >= 15 is 0 Å². The molecule has 3 aromatic rings. The van der Waals surface area contributed by atoms with Crippen LogP contribution in [0.4, 0.5) is 19.7 Å². The monoisotopic (exact) mass is 460 g/mol. The summed E-state index contributed by atoms with van der Waals surface area (Å²) in [5.41, 5.74) is 1.61. The maximum atomic E-state index is 13.9. The molecule has 2 aliphatic rings. The van der Waals surface area contributed by atoms with Gasteiger partial charge in [-0.25, -0.2) is 18.7 Å². The highest BCUT2D eigenvalue weighted by molar-refractivity contribution is 7.18. The van der Waals surface area contributed by atoms with E-state index in [1.165, 1.54) is 29.0 Å². The summed E-state index contributed by atoms with van der Waals surface area (Å²) in [7, 11) is 0. The Morgan fingerprint density at radius 1 is 0.969 bits per heavy atom. The Morgan fingerprint density at radius 3 is 2.41 bits per heavy atom. The van der Waals surface area contributed by atoms with Gasteiger partial charge in [0, 0.05) is 24.0 Å². The first kappa shape index (κ1) is 22.7. The third kappa shape index (κ3) is 6.29. The number of hydrogen-bond acceptors (Lipinski definition) is 7. The second kappa shape index (κ2) is 11.4. The molecular formula is C23H26F2N4O2S. The molecule has 5 rings (SSSR count). The minimum atomic E-state index is -0.591. The number of piperidine rings is 1. The molecule has 9 heteroatoms. The summed E-state index contributed by atoms with van der Waals surface area (Å²) in [6, 6.07) is 7.66. The van der Waals surface area contributed by atoms with Crippen molar-refractivity contribution in [3.05, 3.63) is 59.9 Å². The van der Waals surface area contributed by atoms with E-state index in [1.807, 2.05) is 0 Å². The van der Waals surface area contributed by atoms with Gasteiger partial charge in [0.15, 0.2) is 5.13 Å². The molecule has 0 saturated carbocycles. The van der Waals surface area contributed by atoms with Crippen molar-refractivity contribution in [2.45, 2.75) is 18.8 Å². The predicted molar refractivity (Wildman–Crippen MR) is 121 cm³/mol. The number of anilines is 2. The Morgan fingerprint density at radius 2 is 1.72 bits per heavy atom. The summed E-state index contributed by atoms with van der Waals surface area (Å²) in [6.45, 7) is 5.18. The van der Waals surface area contributed by atoms with Crippen molar-refractivity contribution in [3.8, 4) is 10.4 Å². The van der Waals surface area contributed by atoms with Crippen LogP contribution in [0.2, 0.25) is 0 Å². The topological polar surface area (TPSA) is 68.3 Å². The molecule has 0 unspecified atom stereocenters. The van der Waals surface area contributed by atoms with Crippen LogP contribution in [-0.2, 0) is 9.47 Å². The van der Waals surface area contributed by atoms with Crippen LogP contribution in [0, 0.1) is 11.6 Å². The molecule has 2 saturated heterocycles. The summed E-state index contributed by atoms with van der Waals surface area (Å²) in [5, 5.41) is 7.18. The minimum absolute atomic E-state index is 0.341. The molecular weight excluding hydrogens is 434 g/mol. The SMILES string of the molecule is C1COCCO1.Fc1ccc(-c2cnc(Nc3cc(C4CCNCC4)ccn3)s2)c(F)c1. The number of nitrogens with one attached hydrogen (secondary N) is 2. The molecule has 2 N–H and O–H groups in total. The average molecular weight is 461 g/mol. The molecule has 2 aliphatic heterocycles. The first-order valence-electron chi connectivity index (χ1n) is 10.7. The molecule has 0 bridgehead atoms.